The number of hydrogen-bond acceptors (Lipinski definition) is 4. The molecule has 5 heteroatoms. The number of hydrogen-bond donors (Lipinski definition) is 2. The average Bonchev–Trinajstić information content (AvgIpc) is 2.78. The number of nitrogens with two attached hydrogens (primary N) is 1. The van der Waals surface area contributed by atoms with Crippen LogP contribution in [0, 0.1) is 12.7 Å². The number of nitrogens with one attached hydrogen (secondary N) is 1. The first kappa shape index (κ1) is 13.8. The van der Waals surface area contributed by atoms with Crippen molar-refractivity contribution in [1.29, 1.82) is 0 Å². The van der Waals surface area contributed by atoms with E-state index in [-0.39, 0.29) is 5.82 Å². The van der Waals surface area contributed by atoms with Crippen LogP contribution in [-0.2, 0) is 6.42 Å². The minimum Gasteiger partial charge on any atom is -0.397 e. The van der Waals surface area contributed by atoms with E-state index in [4.69, 9.17) is 5.73 Å². The minimum absolute atomic E-state index is 0.202. The number of aryl methyl sites for hydroxylation is 1. The number of aromatic nitrogens is 1. The molecule has 0 amide bonds. The molecule has 3 aromatic rings. The summed E-state index contributed by atoms with van der Waals surface area (Å²) < 4.78 is 14.2. The highest BCUT2D eigenvalue weighted by atomic mass is 32.1. The Bertz CT molecular complexity index is 782. The first-order valence-electron chi connectivity index (χ1n) is 6.77. The average molecular weight is 301 g/mol. The lowest BCUT2D eigenvalue weighted by atomic mass is 10.1. The van der Waals surface area contributed by atoms with Crippen LogP contribution in [0.25, 0.3) is 10.2 Å². The molecule has 0 aliphatic rings. The molecule has 1 aromatic heterocycles. The van der Waals surface area contributed by atoms with Crippen molar-refractivity contribution < 1.29 is 4.39 Å². The summed E-state index contributed by atoms with van der Waals surface area (Å²) in [6, 6.07) is 10.6. The van der Waals surface area contributed by atoms with Gasteiger partial charge in [-0.3, -0.25) is 0 Å². The lowest BCUT2D eigenvalue weighted by Gasteiger charge is -2.09. The highest BCUT2D eigenvalue weighted by Crippen LogP contribution is 2.29. The molecule has 0 fully saturated rings. The maximum Gasteiger partial charge on any atom is 0.123 e. The molecule has 0 atom stereocenters. The summed E-state index contributed by atoms with van der Waals surface area (Å²) in [6.45, 7) is 2.68. The molecular weight excluding hydrogens is 285 g/mol. The molecule has 0 saturated heterocycles. The fourth-order valence-electron chi connectivity index (χ4n) is 2.29. The smallest absolute Gasteiger partial charge is 0.123 e. The van der Waals surface area contributed by atoms with Crippen molar-refractivity contribution in [1.82, 2.24) is 4.98 Å². The van der Waals surface area contributed by atoms with Gasteiger partial charge in [-0.2, -0.15) is 0 Å². The third kappa shape index (κ3) is 3.13. The highest BCUT2D eigenvalue weighted by molar-refractivity contribution is 7.18. The van der Waals surface area contributed by atoms with Gasteiger partial charge in [-0.25, -0.2) is 9.37 Å². The quantitative estimate of drug-likeness (QED) is 0.717. The third-order valence-corrected chi connectivity index (χ3v) is 4.22. The van der Waals surface area contributed by atoms with Gasteiger partial charge in [0, 0.05) is 6.54 Å². The SMILES string of the molecule is Cc1nc2cc(NCCc3cccc(F)c3)c(N)cc2s1. The maximum absolute atomic E-state index is 13.1. The molecule has 1 heterocycles. The van der Waals surface area contributed by atoms with E-state index in [0.717, 1.165) is 32.9 Å². The summed E-state index contributed by atoms with van der Waals surface area (Å²) in [5.41, 5.74) is 9.57. The van der Waals surface area contributed by atoms with Crippen LogP contribution in [0.4, 0.5) is 15.8 Å². The van der Waals surface area contributed by atoms with Gasteiger partial charge in [-0.05, 0) is 43.2 Å². The third-order valence-electron chi connectivity index (χ3n) is 3.28. The monoisotopic (exact) mass is 301 g/mol. The van der Waals surface area contributed by atoms with Gasteiger partial charge in [0.15, 0.2) is 0 Å². The van der Waals surface area contributed by atoms with E-state index in [1.165, 1.54) is 6.07 Å². The lowest BCUT2D eigenvalue weighted by molar-refractivity contribution is 0.625. The van der Waals surface area contributed by atoms with Crippen LogP contribution < -0.4 is 11.1 Å². The first-order valence-corrected chi connectivity index (χ1v) is 7.58. The van der Waals surface area contributed by atoms with Crippen LogP contribution >= 0.6 is 11.3 Å². The fourth-order valence-corrected chi connectivity index (χ4v) is 3.15. The Kier molecular flexibility index (Phi) is 3.75. The van der Waals surface area contributed by atoms with Gasteiger partial charge >= 0.3 is 0 Å². The largest absolute Gasteiger partial charge is 0.397 e. The fraction of sp³-hybridized carbons (Fsp3) is 0.188. The van der Waals surface area contributed by atoms with Crippen molar-refractivity contribution in [2.24, 2.45) is 0 Å². The van der Waals surface area contributed by atoms with Crippen molar-refractivity contribution in [3.63, 3.8) is 0 Å². The van der Waals surface area contributed by atoms with Crippen LogP contribution in [0.3, 0.4) is 0 Å². The molecule has 0 spiro atoms. The topological polar surface area (TPSA) is 50.9 Å². The summed E-state index contributed by atoms with van der Waals surface area (Å²) in [4.78, 5) is 4.47. The standard InChI is InChI=1S/C16H16FN3S/c1-10-20-15-9-14(13(18)8-16(15)21-10)19-6-5-11-3-2-4-12(17)7-11/h2-4,7-9,19H,5-6,18H2,1H3. The van der Waals surface area contributed by atoms with E-state index in [9.17, 15) is 4.39 Å². The molecule has 3 N–H and O–H groups in total. The summed E-state index contributed by atoms with van der Waals surface area (Å²) in [7, 11) is 0. The molecule has 0 radical (unpaired) electrons. The summed E-state index contributed by atoms with van der Waals surface area (Å²) >= 11 is 1.64. The Morgan fingerprint density at radius 3 is 2.95 bits per heavy atom. The van der Waals surface area contributed by atoms with E-state index in [1.54, 1.807) is 23.5 Å². The Morgan fingerprint density at radius 2 is 2.14 bits per heavy atom. The zero-order valence-corrected chi connectivity index (χ0v) is 12.5. The number of benzene rings is 2. The first-order chi connectivity index (χ1) is 10.1. The second-order valence-electron chi connectivity index (χ2n) is 4.95. The second kappa shape index (κ2) is 5.69. The normalized spacial score (nSPS) is 11.0. The summed E-state index contributed by atoms with van der Waals surface area (Å²) in [6.07, 6.45) is 0.741. The zero-order chi connectivity index (χ0) is 14.8. The molecule has 0 saturated carbocycles. The van der Waals surface area contributed by atoms with Crippen molar-refractivity contribution in [3.05, 3.63) is 52.8 Å². The maximum atomic E-state index is 13.1. The van der Waals surface area contributed by atoms with Crippen molar-refractivity contribution in [2.75, 3.05) is 17.6 Å². The highest BCUT2D eigenvalue weighted by Gasteiger charge is 2.06. The molecule has 3 rings (SSSR count). The van der Waals surface area contributed by atoms with Gasteiger partial charge in [0.25, 0.3) is 0 Å². The van der Waals surface area contributed by atoms with Gasteiger partial charge in [-0.1, -0.05) is 12.1 Å². The van der Waals surface area contributed by atoms with Gasteiger partial charge in [-0.15, -0.1) is 11.3 Å². The molecular formula is C16H16FN3S. The predicted molar refractivity (Wildman–Crippen MR) is 87.4 cm³/mol. The van der Waals surface area contributed by atoms with Crippen molar-refractivity contribution in [3.8, 4) is 0 Å². The number of halogens is 1. The molecule has 108 valence electrons. The van der Waals surface area contributed by atoms with Crippen LogP contribution in [0.2, 0.25) is 0 Å². The Morgan fingerprint density at radius 1 is 1.29 bits per heavy atom. The molecule has 0 bridgehead atoms. The molecule has 0 aliphatic heterocycles. The Labute approximate surface area is 126 Å². The minimum atomic E-state index is -0.202. The van der Waals surface area contributed by atoms with Gasteiger partial charge in [0.1, 0.15) is 5.82 Å². The predicted octanol–water partition coefficient (Wildman–Crippen LogP) is 3.98. The summed E-state index contributed by atoms with van der Waals surface area (Å²) in [5, 5.41) is 4.33. The Balaban J connectivity index is 1.71. The van der Waals surface area contributed by atoms with E-state index in [2.05, 4.69) is 10.3 Å². The van der Waals surface area contributed by atoms with E-state index >= 15 is 0 Å². The molecule has 0 aliphatic carbocycles. The van der Waals surface area contributed by atoms with Crippen LogP contribution in [-0.4, -0.2) is 11.5 Å². The molecule has 2 aromatic carbocycles. The molecule has 3 nitrogen and oxygen atoms in total. The van der Waals surface area contributed by atoms with Crippen LogP contribution in [0.5, 0.6) is 0 Å². The van der Waals surface area contributed by atoms with Crippen LogP contribution in [0.1, 0.15) is 10.6 Å². The Hall–Kier alpha value is -2.14. The van der Waals surface area contributed by atoms with Crippen molar-refractivity contribution in [2.45, 2.75) is 13.3 Å². The van der Waals surface area contributed by atoms with Gasteiger partial charge < -0.3 is 11.1 Å². The lowest BCUT2D eigenvalue weighted by Crippen LogP contribution is -2.07. The number of thiazole rings is 1. The number of nitrogens with zero attached hydrogens (tertiary/aromatic N) is 1. The van der Waals surface area contributed by atoms with Gasteiger partial charge in [0.2, 0.25) is 0 Å². The van der Waals surface area contributed by atoms with E-state index in [0.29, 0.717) is 12.2 Å². The van der Waals surface area contributed by atoms with E-state index < -0.39 is 0 Å². The summed E-state index contributed by atoms with van der Waals surface area (Å²) in [5.74, 6) is -0.202. The van der Waals surface area contributed by atoms with E-state index in [1.807, 2.05) is 25.1 Å². The number of nitrogen functional groups attached to an aromatic ring is 1. The molecule has 0 unspecified atom stereocenters. The zero-order valence-electron chi connectivity index (χ0n) is 11.7. The van der Waals surface area contributed by atoms with Gasteiger partial charge in [0.05, 0.1) is 26.6 Å². The number of rotatable bonds is 4. The van der Waals surface area contributed by atoms with Crippen molar-refractivity contribution >= 4 is 32.9 Å². The molecule has 21 heavy (non-hydrogen) atoms. The number of anilines is 2. The second-order valence-corrected chi connectivity index (χ2v) is 6.18. The van der Waals surface area contributed by atoms with Crippen LogP contribution in [0.15, 0.2) is 36.4 Å². The number of fused-ring (bicyclic) bond motifs is 1.